The van der Waals surface area contributed by atoms with Gasteiger partial charge in [0.15, 0.2) is 0 Å². The smallest absolute Gasteiger partial charge is 0.223 e. The zero-order valence-corrected chi connectivity index (χ0v) is 10.3. The van der Waals surface area contributed by atoms with E-state index in [2.05, 4.69) is 10.6 Å². The molecule has 0 aliphatic carbocycles. The number of rotatable bonds is 6. The van der Waals surface area contributed by atoms with Crippen molar-refractivity contribution in [1.29, 1.82) is 0 Å². The van der Waals surface area contributed by atoms with Gasteiger partial charge in [-0.05, 0) is 0 Å². The number of ether oxygens (including phenoxy) is 1. The summed E-state index contributed by atoms with van der Waals surface area (Å²) < 4.78 is 4.82. The second-order valence-corrected chi connectivity index (χ2v) is 3.97. The molecule has 0 radical (unpaired) electrons. The van der Waals surface area contributed by atoms with E-state index in [4.69, 9.17) is 4.74 Å². The number of nitrogens with one attached hydrogen (secondary N) is 2. The molecule has 1 saturated heterocycles. The summed E-state index contributed by atoms with van der Waals surface area (Å²) in [6, 6.07) is 0. The molecule has 17 heavy (non-hydrogen) atoms. The number of hydrogen-bond donors (Lipinski definition) is 2. The molecular weight excluding hydrogens is 222 g/mol. The van der Waals surface area contributed by atoms with E-state index in [1.54, 1.807) is 12.0 Å². The van der Waals surface area contributed by atoms with E-state index >= 15 is 0 Å². The van der Waals surface area contributed by atoms with Gasteiger partial charge in [0.25, 0.3) is 0 Å². The minimum Gasteiger partial charge on any atom is -0.383 e. The van der Waals surface area contributed by atoms with Gasteiger partial charge in [0.05, 0.1) is 6.61 Å². The Balaban J connectivity index is 2.11. The van der Waals surface area contributed by atoms with Gasteiger partial charge in [0.2, 0.25) is 11.8 Å². The monoisotopic (exact) mass is 243 g/mol. The third-order valence-corrected chi connectivity index (χ3v) is 2.66. The third-order valence-electron chi connectivity index (χ3n) is 2.66. The maximum atomic E-state index is 11.7. The van der Waals surface area contributed by atoms with Crippen LogP contribution in [0.1, 0.15) is 12.8 Å². The predicted octanol–water partition coefficient (Wildman–Crippen LogP) is -1.04. The highest BCUT2D eigenvalue weighted by molar-refractivity contribution is 5.83. The van der Waals surface area contributed by atoms with Crippen LogP contribution in [0.15, 0.2) is 0 Å². The zero-order chi connectivity index (χ0) is 12.5. The van der Waals surface area contributed by atoms with E-state index < -0.39 is 0 Å². The molecule has 0 aromatic heterocycles. The lowest BCUT2D eigenvalue weighted by atomic mass is 10.2. The summed E-state index contributed by atoms with van der Waals surface area (Å²) in [6.45, 7) is 4.15. The summed E-state index contributed by atoms with van der Waals surface area (Å²) in [5.41, 5.74) is 0. The van der Waals surface area contributed by atoms with Crippen molar-refractivity contribution in [3.8, 4) is 0 Å². The van der Waals surface area contributed by atoms with Crippen molar-refractivity contribution in [1.82, 2.24) is 15.5 Å². The minimum absolute atomic E-state index is 0.0633. The Morgan fingerprint density at radius 2 is 2.00 bits per heavy atom. The molecule has 2 amide bonds. The Kier molecular flexibility index (Phi) is 6.57. The first-order valence-electron chi connectivity index (χ1n) is 5.98. The topological polar surface area (TPSA) is 70.7 Å². The van der Waals surface area contributed by atoms with Crippen LogP contribution in [-0.2, 0) is 14.3 Å². The number of carbonyl (C=O) groups excluding carboxylic acids is 2. The first-order valence-corrected chi connectivity index (χ1v) is 5.98. The first-order chi connectivity index (χ1) is 8.24. The number of amides is 2. The predicted molar refractivity (Wildman–Crippen MR) is 63.6 cm³/mol. The van der Waals surface area contributed by atoms with Crippen molar-refractivity contribution in [3.63, 3.8) is 0 Å². The van der Waals surface area contributed by atoms with E-state index in [-0.39, 0.29) is 18.2 Å². The number of nitrogens with zero attached hydrogens (tertiary/aromatic N) is 1. The van der Waals surface area contributed by atoms with Crippen LogP contribution in [0.5, 0.6) is 0 Å². The fourth-order valence-electron chi connectivity index (χ4n) is 1.67. The van der Waals surface area contributed by atoms with Crippen molar-refractivity contribution in [2.45, 2.75) is 12.8 Å². The molecule has 1 rings (SSSR count). The normalized spacial score (nSPS) is 15.7. The number of piperazine rings is 1. The lowest BCUT2D eigenvalue weighted by Gasteiger charge is -2.27. The fraction of sp³-hybridized carbons (Fsp3) is 0.818. The standard InChI is InChI=1S/C11H21N3O3/c1-17-9-6-13-10(15)2-3-11(16)14-7-4-12-5-8-14/h12H,2-9H2,1H3,(H,13,15). The molecule has 0 aromatic rings. The number of methoxy groups -OCH3 is 1. The average Bonchev–Trinajstić information content (AvgIpc) is 2.37. The van der Waals surface area contributed by atoms with Crippen molar-refractivity contribution >= 4 is 11.8 Å². The average molecular weight is 243 g/mol. The Bertz CT molecular complexity index is 252. The van der Waals surface area contributed by atoms with Gasteiger partial charge in [0, 0.05) is 52.7 Å². The molecule has 0 unspecified atom stereocenters. The molecule has 0 atom stereocenters. The molecule has 2 N–H and O–H groups in total. The van der Waals surface area contributed by atoms with E-state index in [9.17, 15) is 9.59 Å². The first kappa shape index (κ1) is 13.9. The van der Waals surface area contributed by atoms with E-state index in [0.717, 1.165) is 26.2 Å². The van der Waals surface area contributed by atoms with Gasteiger partial charge in [0.1, 0.15) is 0 Å². The molecule has 0 spiro atoms. The molecule has 1 heterocycles. The van der Waals surface area contributed by atoms with Gasteiger partial charge < -0.3 is 20.3 Å². The summed E-state index contributed by atoms with van der Waals surface area (Å²) in [5.74, 6) is -0.0288. The van der Waals surface area contributed by atoms with Crippen molar-refractivity contribution in [2.75, 3.05) is 46.4 Å². The van der Waals surface area contributed by atoms with Crippen LogP contribution < -0.4 is 10.6 Å². The third kappa shape index (κ3) is 5.65. The summed E-state index contributed by atoms with van der Waals surface area (Å²) in [6.07, 6.45) is 0.547. The summed E-state index contributed by atoms with van der Waals surface area (Å²) in [5, 5.41) is 5.88. The lowest BCUT2D eigenvalue weighted by Crippen LogP contribution is -2.46. The summed E-state index contributed by atoms with van der Waals surface area (Å²) in [7, 11) is 1.58. The molecule has 98 valence electrons. The zero-order valence-electron chi connectivity index (χ0n) is 10.3. The van der Waals surface area contributed by atoms with Gasteiger partial charge >= 0.3 is 0 Å². The highest BCUT2D eigenvalue weighted by Crippen LogP contribution is 1.99. The van der Waals surface area contributed by atoms with Crippen LogP contribution in [0.3, 0.4) is 0 Å². The van der Waals surface area contributed by atoms with Crippen molar-refractivity contribution in [3.05, 3.63) is 0 Å². The van der Waals surface area contributed by atoms with Crippen LogP contribution in [0.4, 0.5) is 0 Å². The van der Waals surface area contributed by atoms with Gasteiger partial charge in [-0.15, -0.1) is 0 Å². The largest absolute Gasteiger partial charge is 0.383 e. The fourth-order valence-corrected chi connectivity index (χ4v) is 1.67. The van der Waals surface area contributed by atoms with Crippen LogP contribution >= 0.6 is 0 Å². The van der Waals surface area contributed by atoms with Crippen molar-refractivity contribution in [2.24, 2.45) is 0 Å². The Hall–Kier alpha value is -1.14. The van der Waals surface area contributed by atoms with E-state index in [1.807, 2.05) is 0 Å². The van der Waals surface area contributed by atoms with Crippen LogP contribution in [0.25, 0.3) is 0 Å². The Morgan fingerprint density at radius 3 is 2.65 bits per heavy atom. The lowest BCUT2D eigenvalue weighted by molar-refractivity contribution is -0.134. The van der Waals surface area contributed by atoms with Crippen LogP contribution in [-0.4, -0.2) is 63.2 Å². The van der Waals surface area contributed by atoms with E-state index in [1.165, 1.54) is 0 Å². The highest BCUT2D eigenvalue weighted by atomic mass is 16.5. The molecule has 0 bridgehead atoms. The molecule has 6 nitrogen and oxygen atoms in total. The minimum atomic E-state index is -0.0921. The maximum Gasteiger partial charge on any atom is 0.223 e. The molecule has 0 saturated carbocycles. The number of hydrogen-bond acceptors (Lipinski definition) is 4. The second kappa shape index (κ2) is 8.03. The van der Waals surface area contributed by atoms with Gasteiger partial charge in [-0.2, -0.15) is 0 Å². The van der Waals surface area contributed by atoms with Gasteiger partial charge in [-0.1, -0.05) is 0 Å². The number of carbonyl (C=O) groups is 2. The Labute approximate surface area is 102 Å². The molecule has 0 aromatic carbocycles. The summed E-state index contributed by atoms with van der Waals surface area (Å²) >= 11 is 0. The molecule has 1 fully saturated rings. The van der Waals surface area contributed by atoms with Gasteiger partial charge in [-0.25, -0.2) is 0 Å². The SMILES string of the molecule is COCCNC(=O)CCC(=O)N1CCNCC1. The Morgan fingerprint density at radius 1 is 1.29 bits per heavy atom. The molecular formula is C11H21N3O3. The van der Waals surface area contributed by atoms with Gasteiger partial charge in [-0.3, -0.25) is 9.59 Å². The van der Waals surface area contributed by atoms with Crippen molar-refractivity contribution < 1.29 is 14.3 Å². The van der Waals surface area contributed by atoms with Crippen LogP contribution in [0, 0.1) is 0 Å². The highest BCUT2D eigenvalue weighted by Gasteiger charge is 2.16. The second-order valence-electron chi connectivity index (χ2n) is 3.97. The maximum absolute atomic E-state index is 11.7. The quantitative estimate of drug-likeness (QED) is 0.585. The molecule has 1 aliphatic rings. The van der Waals surface area contributed by atoms with E-state index in [0.29, 0.717) is 19.6 Å². The molecule has 6 heteroatoms. The summed E-state index contributed by atoms with van der Waals surface area (Å²) in [4.78, 5) is 24.9. The molecule has 1 aliphatic heterocycles. The van der Waals surface area contributed by atoms with Crippen LogP contribution in [0.2, 0.25) is 0 Å².